The van der Waals surface area contributed by atoms with Crippen molar-refractivity contribution in [1.82, 2.24) is 0 Å². The Labute approximate surface area is 128 Å². The molecule has 0 fully saturated rings. The number of aryl methyl sites for hydroxylation is 1. The van der Waals surface area contributed by atoms with E-state index in [2.05, 4.69) is 89.6 Å². The standard InChI is InChI=1S/C19H15Br/c1-14-5-7-15(8-6-14)16-9-11-17(12-10-16)18-3-2-4-19(20)13-18/h2-13H,1H3. The minimum atomic E-state index is 1.11. The average Bonchev–Trinajstić information content (AvgIpc) is 2.48. The SMILES string of the molecule is Cc1ccc(-c2ccc(-c3cccc(Br)c3)cc2)cc1. The van der Waals surface area contributed by atoms with E-state index in [1.807, 2.05) is 6.07 Å². The van der Waals surface area contributed by atoms with E-state index in [0.29, 0.717) is 0 Å². The van der Waals surface area contributed by atoms with Crippen LogP contribution in [0, 0.1) is 6.92 Å². The quantitative estimate of drug-likeness (QED) is 0.535. The molecule has 0 heterocycles. The zero-order chi connectivity index (χ0) is 13.9. The van der Waals surface area contributed by atoms with Crippen LogP contribution in [0.3, 0.4) is 0 Å². The molecule has 0 amide bonds. The second kappa shape index (κ2) is 5.64. The van der Waals surface area contributed by atoms with Gasteiger partial charge in [-0.25, -0.2) is 0 Å². The lowest BCUT2D eigenvalue weighted by molar-refractivity contribution is 1.47. The fraction of sp³-hybridized carbons (Fsp3) is 0.0526. The van der Waals surface area contributed by atoms with Crippen LogP contribution in [0.15, 0.2) is 77.3 Å². The first-order valence-corrected chi connectivity index (χ1v) is 7.45. The summed E-state index contributed by atoms with van der Waals surface area (Å²) in [6, 6.07) is 25.7. The Balaban J connectivity index is 1.93. The summed E-state index contributed by atoms with van der Waals surface area (Å²) in [6.07, 6.45) is 0. The molecule has 0 aliphatic rings. The van der Waals surface area contributed by atoms with Gasteiger partial charge in [0, 0.05) is 4.47 Å². The molecule has 0 aliphatic heterocycles. The van der Waals surface area contributed by atoms with Gasteiger partial charge in [-0.05, 0) is 41.3 Å². The summed E-state index contributed by atoms with van der Waals surface area (Å²) in [6.45, 7) is 2.11. The highest BCUT2D eigenvalue weighted by molar-refractivity contribution is 9.10. The van der Waals surface area contributed by atoms with Crippen molar-refractivity contribution in [2.45, 2.75) is 6.92 Å². The van der Waals surface area contributed by atoms with E-state index in [9.17, 15) is 0 Å². The van der Waals surface area contributed by atoms with Crippen LogP contribution >= 0.6 is 15.9 Å². The Morgan fingerprint density at radius 1 is 0.600 bits per heavy atom. The van der Waals surface area contributed by atoms with Gasteiger partial charge in [0.15, 0.2) is 0 Å². The molecular formula is C19H15Br. The molecule has 20 heavy (non-hydrogen) atoms. The molecule has 0 unspecified atom stereocenters. The molecule has 3 aromatic carbocycles. The van der Waals surface area contributed by atoms with Gasteiger partial charge in [-0.15, -0.1) is 0 Å². The maximum Gasteiger partial charge on any atom is 0.0181 e. The van der Waals surface area contributed by atoms with Crippen LogP contribution in [0.4, 0.5) is 0 Å². The van der Waals surface area contributed by atoms with E-state index in [0.717, 1.165) is 4.47 Å². The first-order chi connectivity index (χ1) is 9.72. The van der Waals surface area contributed by atoms with Crippen molar-refractivity contribution in [2.24, 2.45) is 0 Å². The molecule has 0 radical (unpaired) electrons. The number of hydrogen-bond donors (Lipinski definition) is 0. The van der Waals surface area contributed by atoms with Gasteiger partial charge in [0.05, 0.1) is 0 Å². The first kappa shape index (κ1) is 13.1. The van der Waals surface area contributed by atoms with E-state index < -0.39 is 0 Å². The van der Waals surface area contributed by atoms with E-state index >= 15 is 0 Å². The Morgan fingerprint density at radius 3 is 1.65 bits per heavy atom. The van der Waals surface area contributed by atoms with Crippen molar-refractivity contribution >= 4 is 15.9 Å². The lowest BCUT2D eigenvalue weighted by atomic mass is 10.00. The van der Waals surface area contributed by atoms with Crippen molar-refractivity contribution in [1.29, 1.82) is 0 Å². The van der Waals surface area contributed by atoms with Crippen molar-refractivity contribution in [3.8, 4) is 22.3 Å². The van der Waals surface area contributed by atoms with Gasteiger partial charge in [0.25, 0.3) is 0 Å². The topological polar surface area (TPSA) is 0 Å². The first-order valence-electron chi connectivity index (χ1n) is 6.65. The summed E-state index contributed by atoms with van der Waals surface area (Å²) in [5.74, 6) is 0. The molecule has 3 rings (SSSR count). The largest absolute Gasteiger partial charge is 0.0605 e. The van der Waals surface area contributed by atoms with Gasteiger partial charge in [-0.3, -0.25) is 0 Å². The van der Waals surface area contributed by atoms with Gasteiger partial charge < -0.3 is 0 Å². The Morgan fingerprint density at radius 2 is 1.10 bits per heavy atom. The normalized spacial score (nSPS) is 10.5. The number of halogens is 1. The van der Waals surface area contributed by atoms with Crippen LogP contribution in [0.5, 0.6) is 0 Å². The molecule has 0 spiro atoms. The number of hydrogen-bond acceptors (Lipinski definition) is 0. The smallest absolute Gasteiger partial charge is 0.0181 e. The summed E-state index contributed by atoms with van der Waals surface area (Å²) in [7, 11) is 0. The second-order valence-corrected chi connectivity index (χ2v) is 5.87. The lowest BCUT2D eigenvalue weighted by Gasteiger charge is -2.06. The van der Waals surface area contributed by atoms with Crippen LogP contribution in [0.1, 0.15) is 5.56 Å². The van der Waals surface area contributed by atoms with Crippen molar-refractivity contribution in [3.63, 3.8) is 0 Å². The third kappa shape index (κ3) is 2.83. The molecule has 0 bridgehead atoms. The fourth-order valence-electron chi connectivity index (χ4n) is 2.27. The van der Waals surface area contributed by atoms with Crippen LogP contribution < -0.4 is 0 Å². The predicted molar refractivity (Wildman–Crippen MR) is 89.8 cm³/mol. The molecule has 98 valence electrons. The van der Waals surface area contributed by atoms with Crippen LogP contribution in [-0.4, -0.2) is 0 Å². The molecule has 0 N–H and O–H groups in total. The molecule has 0 saturated carbocycles. The van der Waals surface area contributed by atoms with Crippen molar-refractivity contribution in [2.75, 3.05) is 0 Å². The zero-order valence-electron chi connectivity index (χ0n) is 11.3. The zero-order valence-corrected chi connectivity index (χ0v) is 12.9. The summed E-state index contributed by atoms with van der Waals surface area (Å²) in [5, 5.41) is 0. The van der Waals surface area contributed by atoms with Gasteiger partial charge in [0.1, 0.15) is 0 Å². The molecule has 0 nitrogen and oxygen atoms in total. The van der Waals surface area contributed by atoms with Crippen molar-refractivity contribution in [3.05, 3.63) is 82.8 Å². The van der Waals surface area contributed by atoms with Crippen LogP contribution in [-0.2, 0) is 0 Å². The fourth-order valence-corrected chi connectivity index (χ4v) is 2.67. The number of benzene rings is 3. The highest BCUT2D eigenvalue weighted by Crippen LogP contribution is 2.26. The monoisotopic (exact) mass is 322 g/mol. The number of rotatable bonds is 2. The molecule has 3 aromatic rings. The van der Waals surface area contributed by atoms with Crippen LogP contribution in [0.2, 0.25) is 0 Å². The summed E-state index contributed by atoms with van der Waals surface area (Å²) >= 11 is 3.52. The van der Waals surface area contributed by atoms with E-state index in [1.165, 1.54) is 27.8 Å². The molecular weight excluding hydrogens is 308 g/mol. The molecule has 1 heteroatoms. The third-order valence-corrected chi connectivity index (χ3v) is 3.92. The predicted octanol–water partition coefficient (Wildman–Crippen LogP) is 6.09. The highest BCUT2D eigenvalue weighted by atomic mass is 79.9. The summed E-state index contributed by atoms with van der Waals surface area (Å²) < 4.78 is 1.11. The van der Waals surface area contributed by atoms with Gasteiger partial charge in [-0.2, -0.15) is 0 Å². The maximum atomic E-state index is 3.52. The third-order valence-electron chi connectivity index (χ3n) is 3.43. The van der Waals surface area contributed by atoms with E-state index in [4.69, 9.17) is 0 Å². The second-order valence-electron chi connectivity index (χ2n) is 4.95. The average molecular weight is 323 g/mol. The van der Waals surface area contributed by atoms with Gasteiger partial charge >= 0.3 is 0 Å². The van der Waals surface area contributed by atoms with Crippen LogP contribution in [0.25, 0.3) is 22.3 Å². The van der Waals surface area contributed by atoms with E-state index in [1.54, 1.807) is 0 Å². The molecule has 0 aliphatic carbocycles. The lowest BCUT2D eigenvalue weighted by Crippen LogP contribution is -1.81. The highest BCUT2D eigenvalue weighted by Gasteiger charge is 2.00. The Kier molecular flexibility index (Phi) is 3.70. The minimum Gasteiger partial charge on any atom is -0.0605 e. The Hall–Kier alpha value is -1.86. The molecule has 0 aromatic heterocycles. The Bertz CT molecular complexity index is 710. The maximum absolute atomic E-state index is 3.52. The summed E-state index contributed by atoms with van der Waals surface area (Å²) in [5.41, 5.74) is 6.27. The molecule has 0 atom stereocenters. The molecule has 0 saturated heterocycles. The van der Waals surface area contributed by atoms with Gasteiger partial charge in [0.2, 0.25) is 0 Å². The van der Waals surface area contributed by atoms with E-state index in [-0.39, 0.29) is 0 Å². The van der Waals surface area contributed by atoms with Crippen molar-refractivity contribution < 1.29 is 0 Å². The van der Waals surface area contributed by atoms with Gasteiger partial charge in [-0.1, -0.05) is 82.2 Å². The summed E-state index contributed by atoms with van der Waals surface area (Å²) in [4.78, 5) is 0. The minimum absolute atomic E-state index is 1.11.